The molecule has 10 nitrogen and oxygen atoms in total. The Balaban J connectivity index is 1.42. The van der Waals surface area contributed by atoms with E-state index in [9.17, 15) is 14.4 Å². The average Bonchev–Trinajstić information content (AvgIpc) is 3.42. The van der Waals surface area contributed by atoms with Crippen LogP contribution in [-0.4, -0.2) is 55.1 Å². The van der Waals surface area contributed by atoms with E-state index >= 15 is 0 Å². The van der Waals surface area contributed by atoms with E-state index in [0.717, 1.165) is 34.6 Å². The number of hydrogen-bond donors (Lipinski definition) is 2. The second-order valence-corrected chi connectivity index (χ2v) is 10.7. The van der Waals surface area contributed by atoms with Gasteiger partial charge in [-0.25, -0.2) is 9.78 Å². The molecule has 6 rings (SSSR count). The lowest BCUT2D eigenvalue weighted by Gasteiger charge is -2.26. The number of H-pyrrole nitrogens is 1. The summed E-state index contributed by atoms with van der Waals surface area (Å²) in [4.78, 5) is 47.5. The highest BCUT2D eigenvalue weighted by Crippen LogP contribution is 2.43. The number of fused-ring (bicyclic) bond motifs is 3. The molecule has 2 aliphatic rings. The predicted molar refractivity (Wildman–Crippen MR) is 166 cm³/mol. The van der Waals surface area contributed by atoms with Crippen molar-refractivity contribution in [3.05, 3.63) is 65.8 Å². The van der Waals surface area contributed by atoms with Crippen molar-refractivity contribution >= 4 is 45.3 Å². The number of rotatable bonds is 8. The molecule has 2 aliphatic carbocycles. The number of anilines is 1. The van der Waals surface area contributed by atoms with Crippen LogP contribution in [-0.2, 0) is 14.3 Å². The van der Waals surface area contributed by atoms with Gasteiger partial charge in [-0.05, 0) is 49.9 Å². The van der Waals surface area contributed by atoms with Crippen molar-refractivity contribution in [2.24, 2.45) is 0 Å². The highest BCUT2D eigenvalue weighted by molar-refractivity contribution is 6.12. The van der Waals surface area contributed by atoms with E-state index in [1.165, 1.54) is 21.3 Å². The van der Waals surface area contributed by atoms with Crippen LogP contribution in [0.25, 0.3) is 33.1 Å². The van der Waals surface area contributed by atoms with E-state index in [1.54, 1.807) is 30.4 Å². The lowest BCUT2D eigenvalue weighted by atomic mass is 9.85. The van der Waals surface area contributed by atoms with Gasteiger partial charge in [0.15, 0.2) is 29.2 Å². The molecule has 0 aliphatic heterocycles. The van der Waals surface area contributed by atoms with Crippen molar-refractivity contribution in [1.29, 1.82) is 0 Å². The van der Waals surface area contributed by atoms with E-state index in [2.05, 4.69) is 10.3 Å². The summed E-state index contributed by atoms with van der Waals surface area (Å²) in [6.45, 7) is 0. The minimum absolute atomic E-state index is 0.114. The van der Waals surface area contributed by atoms with Crippen LogP contribution in [0.5, 0.6) is 17.2 Å². The predicted octanol–water partition coefficient (Wildman–Crippen LogP) is 6.68. The van der Waals surface area contributed by atoms with Crippen LogP contribution in [0.1, 0.15) is 38.5 Å². The number of methoxy groups -OCH3 is 3. The number of aromatic amines is 1. The summed E-state index contributed by atoms with van der Waals surface area (Å²) in [6.07, 6.45) is 5.20. The first kappa shape index (κ1) is 29.0. The first-order chi connectivity index (χ1) is 21.4. The molecule has 2 aromatic heterocycles. The van der Waals surface area contributed by atoms with Gasteiger partial charge in [0.25, 0.3) is 0 Å². The first-order valence-corrected chi connectivity index (χ1v) is 14.6. The van der Waals surface area contributed by atoms with Crippen molar-refractivity contribution in [2.45, 2.75) is 44.6 Å². The van der Waals surface area contributed by atoms with E-state index in [1.807, 2.05) is 24.3 Å². The number of aromatic nitrogens is 2. The third-order valence-corrected chi connectivity index (χ3v) is 8.04. The summed E-state index contributed by atoms with van der Waals surface area (Å²) in [7, 11) is 4.61. The number of para-hydroxylation sites is 1. The molecule has 0 unspecified atom stereocenters. The summed E-state index contributed by atoms with van der Waals surface area (Å²) in [5, 5.41) is 4.52. The van der Waals surface area contributed by atoms with E-state index in [4.69, 9.17) is 23.9 Å². The number of ketones is 2. The number of Topliss-reactive ketones (excluding diaryl/α,β-unsaturated/α-hetero) is 2. The molecule has 0 atom stereocenters. The maximum Gasteiger partial charge on any atom is 0.413 e. The molecular formula is C34H33N3O7. The largest absolute Gasteiger partial charge is 0.493 e. The monoisotopic (exact) mass is 595 g/mol. The number of benzene rings is 2. The highest BCUT2D eigenvalue weighted by Gasteiger charge is 2.33. The Kier molecular flexibility index (Phi) is 8.06. The van der Waals surface area contributed by atoms with Gasteiger partial charge in [0.1, 0.15) is 5.82 Å². The second kappa shape index (κ2) is 12.2. The summed E-state index contributed by atoms with van der Waals surface area (Å²) < 4.78 is 22.5. The number of allylic oxidation sites excluding steroid dienone is 2. The molecular weight excluding hydrogens is 562 g/mol. The number of carbonyl (C=O) groups is 3. The Morgan fingerprint density at radius 1 is 0.864 bits per heavy atom. The van der Waals surface area contributed by atoms with Crippen LogP contribution in [0.4, 0.5) is 10.6 Å². The van der Waals surface area contributed by atoms with Gasteiger partial charge in [-0.15, -0.1) is 0 Å². The van der Waals surface area contributed by atoms with Gasteiger partial charge in [-0.3, -0.25) is 14.9 Å². The number of carbonyl (C=O) groups excluding carboxylic acids is 3. The van der Waals surface area contributed by atoms with Gasteiger partial charge in [-0.1, -0.05) is 30.4 Å². The summed E-state index contributed by atoms with van der Waals surface area (Å²) in [6, 6.07) is 13.2. The fraction of sp³-hybridized carbons (Fsp3) is 0.294. The minimum Gasteiger partial charge on any atom is -0.493 e. The van der Waals surface area contributed by atoms with Gasteiger partial charge in [0.2, 0.25) is 5.75 Å². The van der Waals surface area contributed by atoms with Crippen LogP contribution in [0.15, 0.2) is 65.8 Å². The molecule has 44 heavy (non-hydrogen) atoms. The summed E-state index contributed by atoms with van der Waals surface area (Å²) in [5.74, 6) is 1.33. The fourth-order valence-electron chi connectivity index (χ4n) is 5.94. The molecule has 0 spiro atoms. The molecule has 0 radical (unpaired) electrons. The van der Waals surface area contributed by atoms with Gasteiger partial charge in [0, 0.05) is 45.8 Å². The SMILES string of the molecule is COc1cc(-c2nc(NC(=O)OC(C3=CCCCC3=O)C3=CCCCC3=O)cc3c2[nH]c2ccccc23)cc(OC)c1OC. The zero-order valence-electron chi connectivity index (χ0n) is 24.8. The van der Waals surface area contributed by atoms with Crippen LogP contribution in [0, 0.1) is 0 Å². The fourth-order valence-corrected chi connectivity index (χ4v) is 5.94. The third-order valence-electron chi connectivity index (χ3n) is 8.04. The number of pyridine rings is 1. The summed E-state index contributed by atoms with van der Waals surface area (Å²) >= 11 is 0. The van der Waals surface area contributed by atoms with Gasteiger partial charge < -0.3 is 23.9 Å². The first-order valence-electron chi connectivity index (χ1n) is 14.6. The topological polar surface area (TPSA) is 129 Å². The number of nitrogens with zero attached hydrogens (tertiary/aromatic N) is 1. The van der Waals surface area contributed by atoms with Gasteiger partial charge in [-0.2, -0.15) is 0 Å². The minimum atomic E-state index is -1.07. The lowest BCUT2D eigenvalue weighted by Crippen LogP contribution is -2.33. The molecule has 2 heterocycles. The van der Waals surface area contributed by atoms with Crippen molar-refractivity contribution in [3.8, 4) is 28.5 Å². The smallest absolute Gasteiger partial charge is 0.413 e. The zero-order valence-corrected chi connectivity index (χ0v) is 24.8. The molecule has 0 saturated heterocycles. The number of amides is 1. The Morgan fingerprint density at radius 2 is 1.50 bits per heavy atom. The van der Waals surface area contributed by atoms with E-state index in [-0.39, 0.29) is 17.4 Å². The van der Waals surface area contributed by atoms with E-state index < -0.39 is 12.2 Å². The Morgan fingerprint density at radius 3 is 2.09 bits per heavy atom. The number of nitrogens with one attached hydrogen (secondary N) is 2. The Hall–Kier alpha value is -5.12. The third kappa shape index (κ3) is 5.39. The summed E-state index contributed by atoms with van der Waals surface area (Å²) in [5.41, 5.74) is 3.52. The highest BCUT2D eigenvalue weighted by atomic mass is 16.6. The zero-order chi connectivity index (χ0) is 30.8. The molecule has 0 fully saturated rings. The number of ether oxygens (including phenoxy) is 4. The Labute approximate surface area is 254 Å². The van der Waals surface area contributed by atoms with Gasteiger partial charge >= 0.3 is 6.09 Å². The molecule has 0 saturated carbocycles. The molecule has 1 amide bonds. The number of hydrogen-bond acceptors (Lipinski definition) is 8. The normalized spacial score (nSPS) is 15.3. The molecule has 0 bridgehead atoms. The standard InChI is InChI=1S/C34H33N3O7/c1-41-27-16-19(17-28(42-2)33(27)43-3)30-31-23(20-10-4-7-13-24(20)35-31)18-29(36-30)37-34(40)44-32(21-11-5-8-14-25(21)38)22-12-6-9-15-26(22)39/h4,7,10-13,16-18,32,35H,5-6,8-9,14-15H2,1-3H3,(H,36,37,40). The van der Waals surface area contributed by atoms with Crippen molar-refractivity contribution < 1.29 is 33.3 Å². The van der Waals surface area contributed by atoms with Gasteiger partial charge in [0.05, 0.1) is 32.5 Å². The van der Waals surface area contributed by atoms with Crippen LogP contribution in [0.2, 0.25) is 0 Å². The van der Waals surface area contributed by atoms with Crippen molar-refractivity contribution in [1.82, 2.24) is 9.97 Å². The van der Waals surface area contributed by atoms with Crippen LogP contribution in [0.3, 0.4) is 0 Å². The molecule has 2 N–H and O–H groups in total. The second-order valence-electron chi connectivity index (χ2n) is 10.7. The molecule has 2 aromatic carbocycles. The maximum absolute atomic E-state index is 13.5. The van der Waals surface area contributed by atoms with Crippen molar-refractivity contribution in [2.75, 3.05) is 26.6 Å². The molecule has 10 heteroatoms. The van der Waals surface area contributed by atoms with Crippen LogP contribution >= 0.6 is 0 Å². The maximum atomic E-state index is 13.5. The van der Waals surface area contributed by atoms with Crippen LogP contribution < -0.4 is 19.5 Å². The quantitative estimate of drug-likeness (QED) is 0.231. The molecule has 4 aromatic rings. The lowest BCUT2D eigenvalue weighted by molar-refractivity contribution is -0.117. The average molecular weight is 596 g/mol. The Bertz CT molecular complexity index is 1790. The molecule has 226 valence electrons. The van der Waals surface area contributed by atoms with Crippen molar-refractivity contribution in [3.63, 3.8) is 0 Å². The van der Waals surface area contributed by atoms with E-state index in [0.29, 0.717) is 65.3 Å².